The number of alkyl halides is 3. The third-order valence-electron chi connectivity index (χ3n) is 5.40. The molecule has 0 saturated heterocycles. The van der Waals surface area contributed by atoms with Crippen LogP contribution in [-0.2, 0) is 32.0 Å². The van der Waals surface area contributed by atoms with Gasteiger partial charge in [-0.05, 0) is 44.2 Å². The molecule has 1 aliphatic carbocycles. The number of hydrogen-bond acceptors (Lipinski definition) is 5. The molecule has 0 bridgehead atoms. The lowest BCUT2D eigenvalue weighted by Gasteiger charge is -2.02. The number of rotatable bonds is 3. The first-order chi connectivity index (χ1) is 13.9. The van der Waals surface area contributed by atoms with E-state index in [0.29, 0.717) is 17.9 Å². The minimum Gasteiger partial charge on any atom is -0.269 e. The number of halogens is 3. The number of aromatic nitrogens is 6. The summed E-state index contributed by atoms with van der Waals surface area (Å²) in [4.78, 5) is 11.6. The van der Waals surface area contributed by atoms with Gasteiger partial charge in [-0.2, -0.15) is 18.3 Å². The fraction of sp³-hybridized carbons (Fsp3) is 0.474. The molecule has 0 saturated carbocycles. The van der Waals surface area contributed by atoms with Crippen molar-refractivity contribution in [1.82, 2.24) is 29.4 Å². The van der Waals surface area contributed by atoms with Gasteiger partial charge in [-0.1, -0.05) is 6.42 Å². The largest absolute Gasteiger partial charge is 0.435 e. The SMILES string of the molecule is Cc1cc(C(F)(F)F)nn1CCc1nc2c3c4c(sc3ncn2n1)CCCCC4. The molecule has 0 fully saturated rings. The Kier molecular flexibility index (Phi) is 4.34. The lowest BCUT2D eigenvalue weighted by molar-refractivity contribution is -0.141. The van der Waals surface area contributed by atoms with Gasteiger partial charge in [0, 0.05) is 23.5 Å². The number of thiophene rings is 1. The van der Waals surface area contributed by atoms with Crippen molar-refractivity contribution in [2.24, 2.45) is 0 Å². The van der Waals surface area contributed by atoms with Crippen molar-refractivity contribution in [3.8, 4) is 0 Å². The zero-order chi connectivity index (χ0) is 20.2. The highest BCUT2D eigenvalue weighted by Crippen LogP contribution is 2.36. The topological polar surface area (TPSA) is 60.9 Å². The van der Waals surface area contributed by atoms with Gasteiger partial charge < -0.3 is 0 Å². The maximum atomic E-state index is 12.9. The van der Waals surface area contributed by atoms with Crippen LogP contribution in [0.25, 0.3) is 15.9 Å². The van der Waals surface area contributed by atoms with Gasteiger partial charge in [0.1, 0.15) is 11.2 Å². The summed E-state index contributed by atoms with van der Waals surface area (Å²) in [5.74, 6) is 0.580. The first-order valence-corrected chi connectivity index (χ1v) is 10.5. The van der Waals surface area contributed by atoms with Gasteiger partial charge in [0.25, 0.3) is 0 Å². The van der Waals surface area contributed by atoms with Crippen LogP contribution >= 0.6 is 11.3 Å². The van der Waals surface area contributed by atoms with Crippen LogP contribution in [0.15, 0.2) is 12.4 Å². The Labute approximate surface area is 168 Å². The van der Waals surface area contributed by atoms with Crippen molar-refractivity contribution < 1.29 is 13.2 Å². The Hall–Kier alpha value is -2.49. The molecule has 0 spiro atoms. The summed E-state index contributed by atoms with van der Waals surface area (Å²) in [5.41, 5.74) is 1.73. The fourth-order valence-corrected chi connectivity index (χ4v) is 5.19. The fourth-order valence-electron chi connectivity index (χ4n) is 3.96. The normalized spacial score (nSPS) is 15.2. The average Bonchev–Trinajstić information content (AvgIpc) is 3.30. The van der Waals surface area contributed by atoms with E-state index in [1.54, 1.807) is 29.1 Å². The van der Waals surface area contributed by atoms with E-state index in [2.05, 4.69) is 15.2 Å². The number of fused-ring (bicyclic) bond motifs is 5. The summed E-state index contributed by atoms with van der Waals surface area (Å²) in [7, 11) is 0. The van der Waals surface area contributed by atoms with E-state index in [1.165, 1.54) is 34.4 Å². The summed E-state index contributed by atoms with van der Waals surface area (Å²) in [6, 6.07) is 1.06. The quantitative estimate of drug-likeness (QED) is 0.462. The van der Waals surface area contributed by atoms with Crippen LogP contribution in [0.3, 0.4) is 0 Å². The van der Waals surface area contributed by atoms with Crippen LogP contribution in [0.2, 0.25) is 0 Å². The lowest BCUT2D eigenvalue weighted by Crippen LogP contribution is -2.10. The zero-order valence-electron chi connectivity index (χ0n) is 15.8. The number of hydrogen-bond donors (Lipinski definition) is 0. The van der Waals surface area contributed by atoms with Crippen LogP contribution in [0, 0.1) is 6.92 Å². The van der Waals surface area contributed by atoms with Gasteiger partial charge in [-0.25, -0.2) is 14.5 Å². The van der Waals surface area contributed by atoms with Gasteiger partial charge >= 0.3 is 6.18 Å². The molecule has 0 radical (unpaired) electrons. The van der Waals surface area contributed by atoms with Gasteiger partial charge in [-0.3, -0.25) is 4.68 Å². The summed E-state index contributed by atoms with van der Waals surface area (Å²) < 4.78 is 41.6. The van der Waals surface area contributed by atoms with Crippen LogP contribution in [0.1, 0.15) is 46.9 Å². The molecule has 10 heteroatoms. The molecular formula is C19H19F3N6S. The summed E-state index contributed by atoms with van der Waals surface area (Å²) >= 11 is 1.74. The minimum atomic E-state index is -4.44. The molecule has 6 nitrogen and oxygen atoms in total. The first-order valence-electron chi connectivity index (χ1n) is 9.66. The molecule has 0 aliphatic heterocycles. The minimum absolute atomic E-state index is 0.289. The Bertz CT molecular complexity index is 1200. The van der Waals surface area contributed by atoms with Crippen molar-refractivity contribution in [3.63, 3.8) is 0 Å². The second kappa shape index (κ2) is 6.79. The molecule has 152 valence electrons. The van der Waals surface area contributed by atoms with Crippen LogP contribution in [0.4, 0.5) is 13.2 Å². The summed E-state index contributed by atoms with van der Waals surface area (Å²) in [5, 5.41) is 9.26. The third kappa shape index (κ3) is 3.29. The smallest absolute Gasteiger partial charge is 0.269 e. The standard InChI is InChI=1S/C19H19F3N6S/c1-11-9-14(19(20,21)22)25-27(11)8-7-15-24-17-16-12-5-3-2-4-6-13(12)29-18(16)23-10-28(17)26-15/h9-10H,2-8H2,1H3. The van der Waals surface area contributed by atoms with E-state index in [9.17, 15) is 13.2 Å². The molecule has 4 heterocycles. The molecule has 0 amide bonds. The monoisotopic (exact) mass is 420 g/mol. The Morgan fingerprint density at radius 3 is 2.76 bits per heavy atom. The molecule has 0 N–H and O–H groups in total. The predicted octanol–water partition coefficient (Wildman–Crippen LogP) is 4.37. The van der Waals surface area contributed by atoms with Crippen molar-refractivity contribution in [3.05, 3.63) is 40.0 Å². The van der Waals surface area contributed by atoms with Crippen molar-refractivity contribution in [2.75, 3.05) is 0 Å². The van der Waals surface area contributed by atoms with Gasteiger partial charge in [0.15, 0.2) is 17.2 Å². The van der Waals surface area contributed by atoms with Gasteiger partial charge in [0.05, 0.1) is 5.39 Å². The van der Waals surface area contributed by atoms with E-state index < -0.39 is 11.9 Å². The van der Waals surface area contributed by atoms with Crippen LogP contribution < -0.4 is 0 Å². The van der Waals surface area contributed by atoms with Crippen LogP contribution in [0.5, 0.6) is 0 Å². The van der Waals surface area contributed by atoms with Crippen molar-refractivity contribution in [1.29, 1.82) is 0 Å². The molecular weight excluding hydrogens is 401 g/mol. The van der Waals surface area contributed by atoms with E-state index >= 15 is 0 Å². The molecule has 0 unspecified atom stereocenters. The Morgan fingerprint density at radius 2 is 1.97 bits per heavy atom. The second-order valence-corrected chi connectivity index (χ2v) is 8.51. The molecule has 4 aromatic heterocycles. The number of aryl methyl sites for hydroxylation is 5. The molecule has 4 aromatic rings. The highest BCUT2D eigenvalue weighted by molar-refractivity contribution is 7.19. The zero-order valence-corrected chi connectivity index (χ0v) is 16.6. The average molecular weight is 420 g/mol. The highest BCUT2D eigenvalue weighted by Gasteiger charge is 2.34. The van der Waals surface area contributed by atoms with E-state index in [-0.39, 0.29) is 6.54 Å². The van der Waals surface area contributed by atoms with E-state index in [0.717, 1.165) is 34.8 Å². The highest BCUT2D eigenvalue weighted by atomic mass is 32.1. The Balaban J connectivity index is 1.47. The lowest BCUT2D eigenvalue weighted by atomic mass is 10.1. The molecule has 0 atom stereocenters. The van der Waals surface area contributed by atoms with E-state index in [1.807, 2.05) is 0 Å². The number of nitrogens with zero attached hydrogens (tertiary/aromatic N) is 6. The van der Waals surface area contributed by atoms with E-state index in [4.69, 9.17) is 4.98 Å². The van der Waals surface area contributed by atoms with Crippen LogP contribution in [-0.4, -0.2) is 29.4 Å². The van der Waals surface area contributed by atoms with Crippen molar-refractivity contribution >= 4 is 27.2 Å². The molecule has 1 aliphatic rings. The maximum absolute atomic E-state index is 12.9. The summed E-state index contributed by atoms with van der Waals surface area (Å²) in [6.07, 6.45) is 3.36. The molecule has 5 rings (SSSR count). The predicted molar refractivity (Wildman–Crippen MR) is 103 cm³/mol. The third-order valence-corrected chi connectivity index (χ3v) is 6.60. The second-order valence-electron chi connectivity index (χ2n) is 7.43. The van der Waals surface area contributed by atoms with Gasteiger partial charge in [-0.15, -0.1) is 16.4 Å². The Morgan fingerprint density at radius 1 is 1.14 bits per heavy atom. The maximum Gasteiger partial charge on any atom is 0.435 e. The van der Waals surface area contributed by atoms with Crippen molar-refractivity contribution in [2.45, 2.75) is 58.2 Å². The van der Waals surface area contributed by atoms with Gasteiger partial charge in [0.2, 0.25) is 0 Å². The molecule has 0 aromatic carbocycles. The molecule has 29 heavy (non-hydrogen) atoms. The first kappa shape index (κ1) is 18.5. The summed E-state index contributed by atoms with van der Waals surface area (Å²) in [6.45, 7) is 1.91.